The van der Waals surface area contributed by atoms with Gasteiger partial charge >= 0.3 is 0 Å². The van der Waals surface area contributed by atoms with Gasteiger partial charge in [-0.15, -0.1) is 0 Å². The van der Waals surface area contributed by atoms with E-state index in [0.29, 0.717) is 24.4 Å². The molecule has 2 aromatic heterocycles. The van der Waals surface area contributed by atoms with Crippen LogP contribution in [0.25, 0.3) is 21.8 Å². The number of likely N-dealkylation sites (N-methyl/N-ethyl adjacent to an activating group) is 1. The monoisotopic (exact) mass is 492 g/mol. The third-order valence-electron chi connectivity index (χ3n) is 7.95. The second kappa shape index (κ2) is 10.8. The fourth-order valence-corrected chi connectivity index (χ4v) is 5.79. The molecule has 0 amide bonds. The molecule has 3 heterocycles. The highest BCUT2D eigenvalue weighted by molar-refractivity contribution is 6.04. The number of nitrogens with one attached hydrogen (secondary N) is 1. The van der Waals surface area contributed by atoms with Gasteiger partial charge < -0.3 is 15.3 Å². The number of rotatable bonds is 7. The lowest BCUT2D eigenvalue weighted by Gasteiger charge is -2.32. The van der Waals surface area contributed by atoms with Gasteiger partial charge in [0.05, 0.1) is 6.10 Å². The smallest absolute Gasteiger partial charge is 0.260 e. The summed E-state index contributed by atoms with van der Waals surface area (Å²) in [6.45, 7) is 9.38. The number of aliphatic hydroxyl groups is 1. The van der Waals surface area contributed by atoms with E-state index in [4.69, 9.17) is 4.98 Å². The highest BCUT2D eigenvalue weighted by Crippen LogP contribution is 2.32. The molecule has 1 saturated carbocycles. The van der Waals surface area contributed by atoms with Gasteiger partial charge in [0.1, 0.15) is 5.65 Å². The maximum atomic E-state index is 14.0. The Bertz CT molecular complexity index is 1260. The summed E-state index contributed by atoms with van der Waals surface area (Å²) in [7, 11) is 2.17. The van der Waals surface area contributed by atoms with Crippen LogP contribution in [0.5, 0.6) is 0 Å². The van der Waals surface area contributed by atoms with Crippen molar-refractivity contribution in [1.29, 1.82) is 0 Å². The van der Waals surface area contributed by atoms with Crippen molar-refractivity contribution in [3.05, 3.63) is 40.3 Å². The van der Waals surface area contributed by atoms with E-state index in [1.807, 2.05) is 10.8 Å². The maximum Gasteiger partial charge on any atom is 0.260 e. The number of nitrogens with zero attached hydrogens (tertiary/aromatic N) is 5. The lowest BCUT2D eigenvalue weighted by Crippen LogP contribution is -2.43. The quantitative estimate of drug-likeness (QED) is 0.486. The number of aromatic nitrogens is 3. The molecule has 2 aliphatic rings. The zero-order valence-electron chi connectivity index (χ0n) is 21.9. The van der Waals surface area contributed by atoms with Gasteiger partial charge in [0.2, 0.25) is 5.95 Å². The average molecular weight is 493 g/mol. The molecule has 1 atom stereocenters. The van der Waals surface area contributed by atoms with Crippen molar-refractivity contribution in [3.8, 4) is 0 Å². The summed E-state index contributed by atoms with van der Waals surface area (Å²) in [5.74, 6) is 0.568. The van der Waals surface area contributed by atoms with Crippen molar-refractivity contribution < 1.29 is 5.11 Å². The molecular formula is C28H40N6O2. The molecule has 0 bridgehead atoms. The molecule has 1 aliphatic heterocycles. The molecule has 2 N–H and O–H groups in total. The first-order chi connectivity index (χ1) is 17.4. The van der Waals surface area contributed by atoms with E-state index >= 15 is 0 Å². The van der Waals surface area contributed by atoms with Gasteiger partial charge in [0.25, 0.3) is 5.56 Å². The molecule has 1 aromatic carbocycles. The second-order valence-corrected chi connectivity index (χ2v) is 10.9. The standard InChI is InChI=1S/C28H40N6O2/c1-4-5-19(2)30-28-29-17-25-23-11-6-20(18-33-14-12-32(3)13-15-33)16-24(23)27(36)34(26(25)31-28)21-7-9-22(35)10-8-21/h6,11,16-17,19,21-22,35H,4-5,7-10,12-15,18H2,1-3H3,(H,29,30,31)/t19-,21?,22?/m0/s1. The van der Waals surface area contributed by atoms with Crippen LogP contribution < -0.4 is 10.9 Å². The molecule has 2 fully saturated rings. The van der Waals surface area contributed by atoms with Crippen molar-refractivity contribution in [2.75, 3.05) is 38.5 Å². The molecule has 3 aromatic rings. The van der Waals surface area contributed by atoms with Crippen LogP contribution in [0.1, 0.15) is 64.0 Å². The summed E-state index contributed by atoms with van der Waals surface area (Å²) >= 11 is 0. The van der Waals surface area contributed by atoms with Gasteiger partial charge in [-0.2, -0.15) is 4.98 Å². The summed E-state index contributed by atoms with van der Waals surface area (Å²) in [6, 6.07) is 6.60. The van der Waals surface area contributed by atoms with Crippen molar-refractivity contribution in [1.82, 2.24) is 24.3 Å². The van der Waals surface area contributed by atoms with E-state index in [-0.39, 0.29) is 23.7 Å². The molecule has 1 aliphatic carbocycles. The Morgan fingerprint density at radius 3 is 2.56 bits per heavy atom. The Morgan fingerprint density at radius 2 is 1.83 bits per heavy atom. The predicted molar refractivity (Wildman–Crippen MR) is 146 cm³/mol. The molecule has 8 nitrogen and oxygen atoms in total. The van der Waals surface area contributed by atoms with Crippen LogP contribution in [0.4, 0.5) is 5.95 Å². The maximum absolute atomic E-state index is 14.0. The molecular weight excluding hydrogens is 452 g/mol. The molecule has 0 unspecified atom stereocenters. The van der Waals surface area contributed by atoms with Crippen LogP contribution in [0.3, 0.4) is 0 Å². The van der Waals surface area contributed by atoms with Gasteiger partial charge in [-0.05, 0) is 63.1 Å². The van der Waals surface area contributed by atoms with E-state index < -0.39 is 0 Å². The Kier molecular flexibility index (Phi) is 7.55. The largest absolute Gasteiger partial charge is 0.393 e. The van der Waals surface area contributed by atoms with E-state index in [1.54, 1.807) is 0 Å². The van der Waals surface area contributed by atoms with Crippen LogP contribution in [0.2, 0.25) is 0 Å². The van der Waals surface area contributed by atoms with Gasteiger partial charge in [-0.1, -0.05) is 25.5 Å². The van der Waals surface area contributed by atoms with Crippen LogP contribution in [0.15, 0.2) is 29.2 Å². The summed E-state index contributed by atoms with van der Waals surface area (Å²) in [6.07, 6.45) is 6.69. The molecule has 1 saturated heterocycles. The number of hydrogen-bond donors (Lipinski definition) is 2. The zero-order valence-corrected chi connectivity index (χ0v) is 21.9. The molecule has 36 heavy (non-hydrogen) atoms. The number of aliphatic hydroxyl groups excluding tert-OH is 1. The third kappa shape index (κ3) is 5.26. The average Bonchev–Trinajstić information content (AvgIpc) is 2.87. The fraction of sp³-hybridized carbons (Fsp3) is 0.607. The minimum Gasteiger partial charge on any atom is -0.393 e. The lowest BCUT2D eigenvalue weighted by atomic mass is 9.92. The fourth-order valence-electron chi connectivity index (χ4n) is 5.79. The highest BCUT2D eigenvalue weighted by Gasteiger charge is 2.25. The van der Waals surface area contributed by atoms with E-state index in [9.17, 15) is 9.90 Å². The van der Waals surface area contributed by atoms with Crippen molar-refractivity contribution >= 4 is 27.8 Å². The van der Waals surface area contributed by atoms with E-state index in [2.05, 4.69) is 59.2 Å². The summed E-state index contributed by atoms with van der Waals surface area (Å²) < 4.78 is 1.90. The molecule has 0 spiro atoms. The number of hydrogen-bond acceptors (Lipinski definition) is 7. The lowest BCUT2D eigenvalue weighted by molar-refractivity contribution is 0.111. The van der Waals surface area contributed by atoms with Gasteiger partial charge in [-0.25, -0.2) is 4.98 Å². The number of pyridine rings is 1. The Hall–Kier alpha value is -2.55. The van der Waals surface area contributed by atoms with Gasteiger partial charge in [-0.3, -0.25) is 14.3 Å². The van der Waals surface area contributed by atoms with Crippen molar-refractivity contribution in [2.45, 2.75) is 77.1 Å². The summed E-state index contributed by atoms with van der Waals surface area (Å²) in [5, 5.41) is 16.1. The van der Waals surface area contributed by atoms with Crippen LogP contribution in [-0.4, -0.2) is 74.8 Å². The highest BCUT2D eigenvalue weighted by atomic mass is 16.3. The van der Waals surface area contributed by atoms with Gasteiger partial charge in [0, 0.05) is 61.8 Å². The normalized spacial score (nSPS) is 22.8. The molecule has 0 radical (unpaired) electrons. The summed E-state index contributed by atoms with van der Waals surface area (Å²) in [5.41, 5.74) is 1.88. The minimum atomic E-state index is -0.277. The predicted octanol–water partition coefficient (Wildman–Crippen LogP) is 3.77. The zero-order chi connectivity index (χ0) is 25.2. The van der Waals surface area contributed by atoms with Crippen molar-refractivity contribution in [3.63, 3.8) is 0 Å². The first-order valence-electron chi connectivity index (χ1n) is 13.6. The third-order valence-corrected chi connectivity index (χ3v) is 7.95. The number of benzene rings is 1. The molecule has 5 rings (SSSR count). The summed E-state index contributed by atoms with van der Waals surface area (Å²) in [4.78, 5) is 28.4. The van der Waals surface area contributed by atoms with Crippen LogP contribution in [-0.2, 0) is 6.54 Å². The van der Waals surface area contributed by atoms with Gasteiger partial charge in [0.15, 0.2) is 0 Å². The topological polar surface area (TPSA) is 86.5 Å². The number of anilines is 1. The van der Waals surface area contributed by atoms with E-state index in [1.165, 1.54) is 5.56 Å². The van der Waals surface area contributed by atoms with E-state index in [0.717, 1.165) is 74.6 Å². The van der Waals surface area contributed by atoms with Crippen molar-refractivity contribution in [2.24, 2.45) is 0 Å². The Labute approximate surface area is 213 Å². The molecule has 194 valence electrons. The number of fused-ring (bicyclic) bond motifs is 3. The second-order valence-electron chi connectivity index (χ2n) is 10.9. The van der Waals surface area contributed by atoms with Crippen LogP contribution >= 0.6 is 0 Å². The molecule has 8 heteroatoms. The van der Waals surface area contributed by atoms with Crippen LogP contribution in [0, 0.1) is 0 Å². The SMILES string of the molecule is CCC[C@H](C)Nc1ncc2c3ccc(CN4CCN(C)CC4)cc3c(=O)n(C3CCC(O)CC3)c2n1. The Balaban J connectivity index is 1.58. The number of piperazine rings is 1. The minimum absolute atomic E-state index is 0.0189. The first-order valence-corrected chi connectivity index (χ1v) is 13.6. The Morgan fingerprint density at radius 1 is 1.08 bits per heavy atom. The first kappa shape index (κ1) is 25.1.